The Balaban J connectivity index is 1.66. The van der Waals surface area contributed by atoms with E-state index in [-0.39, 0.29) is 11.5 Å². The minimum atomic E-state index is -0.163. The van der Waals surface area contributed by atoms with Crippen LogP contribution in [-0.4, -0.2) is 17.0 Å². The van der Waals surface area contributed by atoms with Crippen molar-refractivity contribution >= 4 is 5.78 Å². The Morgan fingerprint density at radius 3 is 2.61 bits per heavy atom. The standard InChI is InChI=1S/C21H32O2/c1-13(22)17-6-7-18-16-5-4-14-12-15(23)8-10-20(14,2)19(16)9-11-21(17,18)3/h12-13,16-19,22H,4-11H2,1-3H3/t13?,16?,17-,18?,19?,20+,21-/m0/s1. The molecule has 2 nitrogen and oxygen atoms in total. The van der Waals surface area contributed by atoms with Gasteiger partial charge in [-0.25, -0.2) is 0 Å². The molecule has 0 aromatic carbocycles. The lowest BCUT2D eigenvalue weighted by Crippen LogP contribution is -2.51. The molecule has 0 heterocycles. The van der Waals surface area contributed by atoms with Gasteiger partial charge in [-0.05, 0) is 92.4 Å². The van der Waals surface area contributed by atoms with E-state index in [4.69, 9.17) is 0 Å². The molecule has 0 aromatic rings. The van der Waals surface area contributed by atoms with Crippen molar-refractivity contribution in [3.63, 3.8) is 0 Å². The second-order valence-electron chi connectivity index (χ2n) is 9.44. The van der Waals surface area contributed by atoms with Gasteiger partial charge in [0.15, 0.2) is 5.78 Å². The van der Waals surface area contributed by atoms with Gasteiger partial charge in [-0.1, -0.05) is 19.4 Å². The highest BCUT2D eigenvalue weighted by Crippen LogP contribution is 2.66. The third-order valence-electron chi connectivity index (χ3n) is 8.62. The van der Waals surface area contributed by atoms with Gasteiger partial charge in [-0.3, -0.25) is 4.79 Å². The lowest BCUT2D eigenvalue weighted by molar-refractivity contribution is -0.117. The third kappa shape index (κ3) is 2.13. The first-order valence-corrected chi connectivity index (χ1v) is 9.78. The normalized spacial score (nSPS) is 50.6. The molecule has 4 aliphatic rings. The molecule has 4 aliphatic carbocycles. The monoisotopic (exact) mass is 316 g/mol. The molecule has 0 bridgehead atoms. The van der Waals surface area contributed by atoms with Crippen LogP contribution >= 0.6 is 0 Å². The van der Waals surface area contributed by atoms with Gasteiger partial charge in [0, 0.05) is 6.42 Å². The van der Waals surface area contributed by atoms with Crippen molar-refractivity contribution in [2.24, 2.45) is 34.5 Å². The minimum Gasteiger partial charge on any atom is -0.393 e. The first-order chi connectivity index (χ1) is 10.9. The first kappa shape index (κ1) is 15.9. The number of hydrogen-bond donors (Lipinski definition) is 1. The molecule has 1 N–H and O–H groups in total. The van der Waals surface area contributed by atoms with Crippen LogP contribution in [0.4, 0.5) is 0 Å². The molecule has 4 rings (SSSR count). The van der Waals surface area contributed by atoms with Gasteiger partial charge < -0.3 is 5.11 Å². The number of allylic oxidation sites excluding steroid dienone is 1. The van der Waals surface area contributed by atoms with Gasteiger partial charge in [0.2, 0.25) is 0 Å². The zero-order chi connectivity index (χ0) is 16.4. The molecule has 0 radical (unpaired) electrons. The van der Waals surface area contributed by atoms with Crippen LogP contribution in [0.3, 0.4) is 0 Å². The number of hydrogen-bond acceptors (Lipinski definition) is 2. The average Bonchev–Trinajstić information content (AvgIpc) is 2.85. The molecule has 0 saturated heterocycles. The number of carbonyl (C=O) groups is 1. The van der Waals surface area contributed by atoms with E-state index in [1.165, 1.54) is 37.7 Å². The predicted molar refractivity (Wildman–Crippen MR) is 91.9 cm³/mol. The van der Waals surface area contributed by atoms with Crippen LogP contribution in [0.15, 0.2) is 11.6 Å². The van der Waals surface area contributed by atoms with Crippen molar-refractivity contribution in [2.45, 2.75) is 78.2 Å². The molecule has 128 valence electrons. The molecular weight excluding hydrogens is 284 g/mol. The van der Waals surface area contributed by atoms with Gasteiger partial charge >= 0.3 is 0 Å². The summed E-state index contributed by atoms with van der Waals surface area (Å²) in [6.07, 6.45) is 11.1. The number of ketones is 1. The van der Waals surface area contributed by atoms with Crippen molar-refractivity contribution in [3.05, 3.63) is 11.6 Å². The van der Waals surface area contributed by atoms with Crippen LogP contribution in [0.5, 0.6) is 0 Å². The van der Waals surface area contributed by atoms with Crippen LogP contribution in [0, 0.1) is 34.5 Å². The molecule has 3 fully saturated rings. The second-order valence-corrected chi connectivity index (χ2v) is 9.44. The van der Waals surface area contributed by atoms with E-state index in [2.05, 4.69) is 13.8 Å². The largest absolute Gasteiger partial charge is 0.393 e. The average molecular weight is 316 g/mol. The fraction of sp³-hybridized carbons (Fsp3) is 0.857. The van der Waals surface area contributed by atoms with Crippen molar-refractivity contribution in [3.8, 4) is 0 Å². The maximum absolute atomic E-state index is 11.9. The Bertz CT molecular complexity index is 548. The molecule has 2 heteroatoms. The molecule has 0 aliphatic heterocycles. The maximum Gasteiger partial charge on any atom is 0.155 e. The summed E-state index contributed by atoms with van der Waals surface area (Å²) in [4.78, 5) is 11.9. The lowest BCUT2D eigenvalue weighted by atomic mass is 9.46. The number of fused-ring (bicyclic) bond motifs is 5. The fourth-order valence-electron chi connectivity index (χ4n) is 7.39. The van der Waals surface area contributed by atoms with Crippen LogP contribution in [0.2, 0.25) is 0 Å². The SMILES string of the molecule is CC(O)[C@@H]1CCC2C3CCC4=CC(=O)CC[C@@]4(C)C3CC[C@]21C. The van der Waals surface area contributed by atoms with Crippen molar-refractivity contribution in [2.75, 3.05) is 0 Å². The smallest absolute Gasteiger partial charge is 0.155 e. The van der Waals surface area contributed by atoms with Gasteiger partial charge in [0.05, 0.1) is 6.10 Å². The van der Waals surface area contributed by atoms with Crippen LogP contribution in [0.1, 0.15) is 72.1 Å². The molecule has 7 atom stereocenters. The van der Waals surface area contributed by atoms with Crippen molar-refractivity contribution in [1.29, 1.82) is 0 Å². The summed E-state index contributed by atoms with van der Waals surface area (Å²) in [6, 6.07) is 0. The molecular formula is C21H32O2. The van der Waals surface area contributed by atoms with E-state index in [1.807, 2.05) is 13.0 Å². The Hall–Kier alpha value is -0.630. The predicted octanol–water partition coefficient (Wildman–Crippen LogP) is 4.52. The Kier molecular flexibility index (Phi) is 3.58. The van der Waals surface area contributed by atoms with Gasteiger partial charge in [-0.2, -0.15) is 0 Å². The molecule has 0 aromatic heterocycles. The van der Waals surface area contributed by atoms with E-state index >= 15 is 0 Å². The molecule has 3 saturated carbocycles. The van der Waals surface area contributed by atoms with Crippen LogP contribution < -0.4 is 0 Å². The van der Waals surface area contributed by atoms with E-state index in [0.717, 1.165) is 37.0 Å². The minimum absolute atomic E-state index is 0.163. The van der Waals surface area contributed by atoms with E-state index < -0.39 is 0 Å². The summed E-state index contributed by atoms with van der Waals surface area (Å²) >= 11 is 0. The zero-order valence-electron chi connectivity index (χ0n) is 15.0. The Morgan fingerprint density at radius 1 is 1.09 bits per heavy atom. The summed E-state index contributed by atoms with van der Waals surface area (Å²) in [5.41, 5.74) is 2.09. The first-order valence-electron chi connectivity index (χ1n) is 9.78. The van der Waals surface area contributed by atoms with Gasteiger partial charge in [0.1, 0.15) is 0 Å². The third-order valence-corrected chi connectivity index (χ3v) is 8.62. The highest BCUT2D eigenvalue weighted by molar-refractivity contribution is 5.91. The van der Waals surface area contributed by atoms with Crippen LogP contribution in [0.25, 0.3) is 0 Å². The Labute approximate surface area is 140 Å². The highest BCUT2D eigenvalue weighted by Gasteiger charge is 2.59. The maximum atomic E-state index is 11.9. The highest BCUT2D eigenvalue weighted by atomic mass is 16.3. The topological polar surface area (TPSA) is 37.3 Å². The van der Waals surface area contributed by atoms with E-state index in [0.29, 0.717) is 17.1 Å². The number of carbonyl (C=O) groups excluding carboxylic acids is 1. The number of rotatable bonds is 1. The molecule has 0 amide bonds. The summed E-state index contributed by atoms with van der Waals surface area (Å²) < 4.78 is 0. The fourth-order valence-corrected chi connectivity index (χ4v) is 7.39. The van der Waals surface area contributed by atoms with Gasteiger partial charge in [0.25, 0.3) is 0 Å². The van der Waals surface area contributed by atoms with Gasteiger partial charge in [-0.15, -0.1) is 0 Å². The van der Waals surface area contributed by atoms with E-state index in [9.17, 15) is 9.90 Å². The number of aliphatic hydroxyl groups is 1. The zero-order valence-corrected chi connectivity index (χ0v) is 15.0. The summed E-state index contributed by atoms with van der Waals surface area (Å²) in [5.74, 6) is 3.21. The summed E-state index contributed by atoms with van der Waals surface area (Å²) in [6.45, 7) is 6.92. The van der Waals surface area contributed by atoms with Crippen LogP contribution in [-0.2, 0) is 4.79 Å². The van der Waals surface area contributed by atoms with E-state index in [1.54, 1.807) is 0 Å². The molecule has 23 heavy (non-hydrogen) atoms. The summed E-state index contributed by atoms with van der Waals surface area (Å²) in [5, 5.41) is 10.3. The number of aliphatic hydroxyl groups excluding tert-OH is 1. The molecule has 0 spiro atoms. The summed E-state index contributed by atoms with van der Waals surface area (Å²) in [7, 11) is 0. The quantitative estimate of drug-likeness (QED) is 0.772. The van der Waals surface area contributed by atoms with Crippen molar-refractivity contribution in [1.82, 2.24) is 0 Å². The molecule has 4 unspecified atom stereocenters. The second kappa shape index (κ2) is 5.18. The Morgan fingerprint density at radius 2 is 1.87 bits per heavy atom. The van der Waals surface area contributed by atoms with Crippen molar-refractivity contribution < 1.29 is 9.90 Å². The lowest BCUT2D eigenvalue weighted by Gasteiger charge is -2.58.